The largest absolute Gasteiger partial charge is 0.396 e. The minimum atomic E-state index is -3.75. The molecule has 1 aliphatic carbocycles. The van der Waals surface area contributed by atoms with Crippen molar-refractivity contribution in [3.8, 4) is 0 Å². The zero-order chi connectivity index (χ0) is 14.9. The van der Waals surface area contributed by atoms with Crippen molar-refractivity contribution in [2.75, 3.05) is 5.73 Å². The maximum atomic E-state index is 12.3. The molecule has 8 heteroatoms. The van der Waals surface area contributed by atoms with E-state index in [9.17, 15) is 13.5 Å². The minimum Gasteiger partial charge on any atom is -0.396 e. The van der Waals surface area contributed by atoms with E-state index in [0.29, 0.717) is 25.7 Å². The van der Waals surface area contributed by atoms with Crippen LogP contribution in [0.2, 0.25) is 10.0 Å². The van der Waals surface area contributed by atoms with Crippen LogP contribution in [0.4, 0.5) is 5.69 Å². The molecule has 1 fully saturated rings. The Morgan fingerprint density at radius 1 is 1.20 bits per heavy atom. The lowest BCUT2D eigenvalue weighted by Gasteiger charge is -2.26. The Morgan fingerprint density at radius 3 is 2.40 bits per heavy atom. The summed E-state index contributed by atoms with van der Waals surface area (Å²) < 4.78 is 27.2. The normalized spacial score (nSPS) is 23.8. The Bertz CT molecular complexity index is 599. The highest BCUT2D eigenvalue weighted by Crippen LogP contribution is 2.33. The van der Waals surface area contributed by atoms with Crippen molar-refractivity contribution >= 4 is 38.9 Å². The summed E-state index contributed by atoms with van der Waals surface area (Å²) in [6, 6.07) is 2.54. The van der Waals surface area contributed by atoms with E-state index in [1.165, 1.54) is 12.1 Å². The average molecular weight is 339 g/mol. The summed E-state index contributed by atoms with van der Waals surface area (Å²) in [7, 11) is -3.75. The lowest BCUT2D eigenvalue weighted by atomic mass is 9.94. The summed E-state index contributed by atoms with van der Waals surface area (Å²) in [5.41, 5.74) is 5.69. The smallest absolute Gasteiger partial charge is 0.242 e. The molecule has 0 aromatic heterocycles. The summed E-state index contributed by atoms with van der Waals surface area (Å²) in [4.78, 5) is -0.0767. The van der Waals surface area contributed by atoms with Crippen LogP contribution in [0.5, 0.6) is 0 Å². The van der Waals surface area contributed by atoms with Gasteiger partial charge in [0, 0.05) is 6.04 Å². The van der Waals surface area contributed by atoms with Crippen LogP contribution in [-0.4, -0.2) is 25.7 Å². The third-order valence-corrected chi connectivity index (χ3v) is 5.81. The fraction of sp³-hybridized carbons (Fsp3) is 0.500. The van der Waals surface area contributed by atoms with E-state index < -0.39 is 10.0 Å². The molecule has 0 atom stereocenters. The number of aliphatic hydroxyl groups is 1. The first-order chi connectivity index (χ1) is 9.31. The number of aliphatic hydroxyl groups excluding tert-OH is 1. The van der Waals surface area contributed by atoms with Crippen LogP contribution in [0, 0.1) is 0 Å². The third kappa shape index (κ3) is 3.38. The van der Waals surface area contributed by atoms with Crippen molar-refractivity contribution < 1.29 is 13.5 Å². The van der Waals surface area contributed by atoms with Gasteiger partial charge in [0.1, 0.15) is 4.90 Å². The predicted octanol–water partition coefficient (Wildman–Crippen LogP) is 2.16. The van der Waals surface area contributed by atoms with Gasteiger partial charge in [0.2, 0.25) is 10.0 Å². The number of nitrogens with one attached hydrogen (secondary N) is 1. The molecule has 0 radical (unpaired) electrons. The number of halogens is 2. The van der Waals surface area contributed by atoms with Crippen LogP contribution in [0.15, 0.2) is 17.0 Å². The van der Waals surface area contributed by atoms with Gasteiger partial charge in [-0.15, -0.1) is 0 Å². The molecule has 20 heavy (non-hydrogen) atoms. The van der Waals surface area contributed by atoms with Crippen molar-refractivity contribution in [3.05, 3.63) is 22.2 Å². The number of anilines is 1. The van der Waals surface area contributed by atoms with Crippen LogP contribution in [0.25, 0.3) is 0 Å². The molecule has 0 aliphatic heterocycles. The Hall–Kier alpha value is -0.530. The van der Waals surface area contributed by atoms with Crippen molar-refractivity contribution in [2.45, 2.75) is 42.7 Å². The van der Waals surface area contributed by atoms with Crippen molar-refractivity contribution in [1.29, 1.82) is 0 Å². The van der Waals surface area contributed by atoms with Crippen molar-refractivity contribution in [2.24, 2.45) is 0 Å². The zero-order valence-corrected chi connectivity index (χ0v) is 13.0. The second kappa shape index (κ2) is 6.07. The first-order valence-corrected chi connectivity index (χ1v) is 8.49. The molecular formula is C12H16Cl2N2O3S. The van der Waals surface area contributed by atoms with Gasteiger partial charge in [-0.25, -0.2) is 13.1 Å². The average Bonchev–Trinajstić information content (AvgIpc) is 2.38. The van der Waals surface area contributed by atoms with Crippen LogP contribution in [-0.2, 0) is 10.0 Å². The van der Waals surface area contributed by atoms with E-state index in [2.05, 4.69) is 4.72 Å². The number of sulfonamides is 1. The van der Waals surface area contributed by atoms with Gasteiger partial charge in [0.15, 0.2) is 0 Å². The number of rotatable bonds is 3. The van der Waals surface area contributed by atoms with Gasteiger partial charge >= 0.3 is 0 Å². The highest BCUT2D eigenvalue weighted by Gasteiger charge is 2.27. The number of nitrogen functional groups attached to an aromatic ring is 1. The number of nitrogens with two attached hydrogens (primary N) is 1. The summed E-state index contributed by atoms with van der Waals surface area (Å²) in [6.45, 7) is 0. The predicted molar refractivity (Wildman–Crippen MR) is 79.5 cm³/mol. The fourth-order valence-electron chi connectivity index (χ4n) is 2.23. The van der Waals surface area contributed by atoms with Gasteiger partial charge in [0.25, 0.3) is 0 Å². The molecule has 112 valence electrons. The maximum absolute atomic E-state index is 12.3. The van der Waals surface area contributed by atoms with Crippen LogP contribution >= 0.6 is 23.2 Å². The van der Waals surface area contributed by atoms with E-state index in [1.54, 1.807) is 0 Å². The number of benzene rings is 1. The lowest BCUT2D eigenvalue weighted by molar-refractivity contribution is 0.120. The quantitative estimate of drug-likeness (QED) is 0.736. The van der Waals surface area contributed by atoms with E-state index in [4.69, 9.17) is 28.9 Å². The van der Waals surface area contributed by atoms with E-state index in [-0.39, 0.29) is 32.8 Å². The van der Waals surface area contributed by atoms with Gasteiger partial charge in [-0.3, -0.25) is 0 Å². The van der Waals surface area contributed by atoms with E-state index >= 15 is 0 Å². The molecule has 1 aromatic rings. The third-order valence-electron chi connectivity index (χ3n) is 3.40. The molecule has 0 bridgehead atoms. The Labute approximate surface area is 128 Å². The Balaban J connectivity index is 2.21. The molecule has 0 unspecified atom stereocenters. The zero-order valence-electron chi connectivity index (χ0n) is 10.6. The number of hydrogen-bond acceptors (Lipinski definition) is 4. The monoisotopic (exact) mass is 338 g/mol. The first kappa shape index (κ1) is 15.9. The molecule has 1 aromatic carbocycles. The lowest BCUT2D eigenvalue weighted by Crippen LogP contribution is -2.38. The maximum Gasteiger partial charge on any atom is 0.242 e. The molecule has 0 heterocycles. The van der Waals surface area contributed by atoms with Crippen molar-refractivity contribution in [3.63, 3.8) is 0 Å². The van der Waals surface area contributed by atoms with Gasteiger partial charge in [-0.1, -0.05) is 23.2 Å². The second-order valence-corrected chi connectivity index (χ2v) is 7.37. The fourth-order valence-corrected chi connectivity index (χ4v) is 4.30. The molecule has 0 saturated heterocycles. The van der Waals surface area contributed by atoms with Gasteiger partial charge in [0.05, 0.1) is 21.8 Å². The van der Waals surface area contributed by atoms with E-state index in [1.807, 2.05) is 0 Å². The second-order valence-electron chi connectivity index (χ2n) is 4.90. The van der Waals surface area contributed by atoms with E-state index in [0.717, 1.165) is 0 Å². The van der Waals surface area contributed by atoms with Crippen LogP contribution in [0.3, 0.4) is 0 Å². The van der Waals surface area contributed by atoms with Gasteiger partial charge in [-0.2, -0.15) is 0 Å². The minimum absolute atomic E-state index is 0.0512. The van der Waals surface area contributed by atoms with Gasteiger partial charge in [-0.05, 0) is 37.8 Å². The van der Waals surface area contributed by atoms with Crippen molar-refractivity contribution in [1.82, 2.24) is 4.72 Å². The molecule has 0 spiro atoms. The Morgan fingerprint density at radius 2 is 1.80 bits per heavy atom. The molecule has 5 nitrogen and oxygen atoms in total. The molecule has 4 N–H and O–H groups in total. The van der Waals surface area contributed by atoms with Crippen LogP contribution < -0.4 is 10.5 Å². The molecule has 0 amide bonds. The first-order valence-electron chi connectivity index (χ1n) is 6.25. The standard InChI is InChI=1S/C12H16Cl2N2O3S/c13-9-5-6-10(11(14)12(9)15)20(18,19)16-7-1-3-8(17)4-2-7/h5-8,16-17H,1-4,15H2. The molecular weight excluding hydrogens is 323 g/mol. The van der Waals surface area contributed by atoms with Crippen LogP contribution in [0.1, 0.15) is 25.7 Å². The summed E-state index contributed by atoms with van der Waals surface area (Å²) in [5, 5.41) is 9.57. The van der Waals surface area contributed by atoms with Gasteiger partial charge < -0.3 is 10.8 Å². The summed E-state index contributed by atoms with van der Waals surface area (Å²) in [5.74, 6) is 0. The highest BCUT2D eigenvalue weighted by atomic mass is 35.5. The topological polar surface area (TPSA) is 92.4 Å². The molecule has 1 saturated carbocycles. The molecule has 2 rings (SSSR count). The summed E-state index contributed by atoms with van der Waals surface area (Å²) >= 11 is 11.7. The molecule has 1 aliphatic rings. The SMILES string of the molecule is Nc1c(Cl)ccc(S(=O)(=O)NC2CCC(O)CC2)c1Cl. The summed E-state index contributed by atoms with van der Waals surface area (Å²) in [6.07, 6.45) is 2.03. The number of hydrogen-bond donors (Lipinski definition) is 3. The Kier molecular flexibility index (Phi) is 4.81. The highest BCUT2D eigenvalue weighted by molar-refractivity contribution is 7.89.